The largest absolute Gasteiger partial charge is 0.338 e. The van der Waals surface area contributed by atoms with Crippen molar-refractivity contribution in [1.29, 1.82) is 0 Å². The Morgan fingerprint density at radius 2 is 1.70 bits per heavy atom. The summed E-state index contributed by atoms with van der Waals surface area (Å²) < 4.78 is 2.13. The van der Waals surface area contributed by atoms with Gasteiger partial charge >= 0.3 is 0 Å². The molecule has 40 heavy (non-hydrogen) atoms. The van der Waals surface area contributed by atoms with Crippen molar-refractivity contribution in [3.05, 3.63) is 96.6 Å². The molecule has 0 N–H and O–H groups in total. The minimum atomic E-state index is -0.223. The van der Waals surface area contributed by atoms with Gasteiger partial charge in [-0.1, -0.05) is 42.5 Å². The van der Waals surface area contributed by atoms with Gasteiger partial charge in [0.1, 0.15) is 5.69 Å². The van der Waals surface area contributed by atoms with Crippen LogP contribution in [0.4, 0.5) is 0 Å². The Morgan fingerprint density at radius 3 is 2.50 bits per heavy atom. The summed E-state index contributed by atoms with van der Waals surface area (Å²) in [6.07, 6.45) is 10.2. The topological polar surface area (TPSA) is 76.8 Å². The summed E-state index contributed by atoms with van der Waals surface area (Å²) in [7, 11) is 0. The van der Waals surface area contributed by atoms with Gasteiger partial charge in [-0.2, -0.15) is 5.10 Å². The number of hydrogen-bond donors (Lipinski definition) is 0. The first-order valence-corrected chi connectivity index (χ1v) is 14.2. The minimum absolute atomic E-state index is 0.223. The van der Waals surface area contributed by atoms with Crippen molar-refractivity contribution in [2.75, 3.05) is 6.54 Å². The molecule has 200 valence electrons. The Balaban J connectivity index is 1.16. The number of likely N-dealkylation sites (tertiary alicyclic amines) is 1. The number of carbonyl (C=O) groups excluding carboxylic acids is 1. The number of hydrogen-bond acceptors (Lipinski definition) is 5. The van der Waals surface area contributed by atoms with Crippen LogP contribution in [0.5, 0.6) is 0 Å². The van der Waals surface area contributed by atoms with Crippen LogP contribution in [0.15, 0.2) is 85.3 Å². The van der Waals surface area contributed by atoms with Crippen molar-refractivity contribution < 1.29 is 4.79 Å². The Labute approximate surface area is 233 Å². The van der Waals surface area contributed by atoms with Crippen LogP contribution in [0.1, 0.15) is 49.4 Å². The highest BCUT2D eigenvalue weighted by molar-refractivity contribution is 5.86. The van der Waals surface area contributed by atoms with Gasteiger partial charge in [-0.25, -0.2) is 0 Å². The zero-order chi connectivity index (χ0) is 27.1. The quantitative estimate of drug-likeness (QED) is 0.264. The molecule has 0 unspecified atom stereocenters. The predicted molar refractivity (Wildman–Crippen MR) is 155 cm³/mol. The van der Waals surface area contributed by atoms with E-state index in [9.17, 15) is 4.79 Å². The lowest BCUT2D eigenvalue weighted by molar-refractivity contribution is -0.138. The van der Waals surface area contributed by atoms with Crippen molar-refractivity contribution >= 4 is 16.9 Å². The van der Waals surface area contributed by atoms with Gasteiger partial charge in [0.15, 0.2) is 0 Å². The average molecular weight is 529 g/mol. The number of pyridine rings is 1. The number of fused-ring (bicyclic) bond motifs is 1. The molecule has 2 fully saturated rings. The lowest BCUT2D eigenvalue weighted by Gasteiger charge is -2.35. The minimum Gasteiger partial charge on any atom is -0.338 e. The van der Waals surface area contributed by atoms with Crippen LogP contribution in [-0.4, -0.2) is 42.1 Å². The number of aryl methyl sites for hydroxylation is 1. The molecule has 7 heteroatoms. The van der Waals surface area contributed by atoms with Crippen LogP contribution in [0.3, 0.4) is 0 Å². The smallest absolute Gasteiger partial charge is 0.229 e. The maximum Gasteiger partial charge on any atom is 0.229 e. The van der Waals surface area contributed by atoms with Crippen LogP contribution >= 0.6 is 0 Å². The van der Waals surface area contributed by atoms with E-state index in [0.717, 1.165) is 77.9 Å². The second kappa shape index (κ2) is 9.97. The third-order valence-electron chi connectivity index (χ3n) is 8.75. The van der Waals surface area contributed by atoms with Crippen molar-refractivity contribution in [3.63, 3.8) is 0 Å². The van der Waals surface area contributed by atoms with E-state index in [0.29, 0.717) is 12.5 Å². The Morgan fingerprint density at radius 1 is 0.900 bits per heavy atom. The van der Waals surface area contributed by atoms with Gasteiger partial charge in [0, 0.05) is 42.9 Å². The summed E-state index contributed by atoms with van der Waals surface area (Å²) in [6, 6.07) is 22.8. The van der Waals surface area contributed by atoms with Gasteiger partial charge in [-0.15, -0.1) is 0 Å². The first-order valence-electron chi connectivity index (χ1n) is 14.2. The van der Waals surface area contributed by atoms with Gasteiger partial charge in [0.25, 0.3) is 0 Å². The van der Waals surface area contributed by atoms with Gasteiger partial charge < -0.3 is 4.90 Å². The lowest BCUT2D eigenvalue weighted by Crippen LogP contribution is -2.37. The summed E-state index contributed by atoms with van der Waals surface area (Å²) in [5.74, 6) is 0.331. The van der Waals surface area contributed by atoms with E-state index in [1.165, 1.54) is 5.56 Å². The van der Waals surface area contributed by atoms with E-state index in [-0.39, 0.29) is 11.5 Å². The van der Waals surface area contributed by atoms with Gasteiger partial charge in [-0.3, -0.25) is 24.4 Å². The number of nitrogens with zero attached hydrogens (tertiary/aromatic N) is 6. The molecule has 0 radical (unpaired) electrons. The molecule has 2 aliphatic rings. The fraction of sp³-hybridized carbons (Fsp3) is 0.303. The fourth-order valence-electron chi connectivity index (χ4n) is 6.52. The van der Waals surface area contributed by atoms with E-state index in [2.05, 4.69) is 50.0 Å². The second-order valence-corrected chi connectivity index (χ2v) is 11.3. The Bertz CT molecular complexity index is 1690. The normalized spacial score (nSPS) is 21.0. The fourth-order valence-corrected chi connectivity index (χ4v) is 6.52. The monoisotopic (exact) mass is 528 g/mol. The number of aromatic nitrogens is 5. The summed E-state index contributed by atoms with van der Waals surface area (Å²) >= 11 is 0. The van der Waals surface area contributed by atoms with Crippen molar-refractivity contribution in [3.8, 4) is 22.5 Å². The molecular weight excluding hydrogens is 496 g/mol. The number of rotatable bonds is 5. The molecule has 1 spiro atoms. The molecule has 4 heterocycles. The maximum atomic E-state index is 13.6. The average Bonchev–Trinajstić information content (AvgIpc) is 3.56. The maximum absolute atomic E-state index is 13.6. The number of benzene rings is 2. The van der Waals surface area contributed by atoms with Crippen molar-refractivity contribution in [2.45, 2.75) is 51.6 Å². The number of amides is 1. The lowest BCUT2D eigenvalue weighted by atomic mass is 9.71. The molecule has 3 aromatic heterocycles. The Hall–Kier alpha value is -4.39. The first-order chi connectivity index (χ1) is 19.6. The molecule has 0 bridgehead atoms. The summed E-state index contributed by atoms with van der Waals surface area (Å²) in [5, 5.41) is 5.13. The number of carbonyl (C=O) groups is 1. The van der Waals surface area contributed by atoms with Crippen LogP contribution < -0.4 is 0 Å². The molecule has 2 aromatic carbocycles. The van der Waals surface area contributed by atoms with Crippen LogP contribution in [0.2, 0.25) is 0 Å². The van der Waals surface area contributed by atoms with Gasteiger partial charge in [-0.05, 0) is 74.4 Å². The van der Waals surface area contributed by atoms with E-state index in [1.807, 2.05) is 49.4 Å². The van der Waals surface area contributed by atoms with Crippen LogP contribution in [-0.2, 0) is 11.3 Å². The van der Waals surface area contributed by atoms with Crippen molar-refractivity contribution in [2.24, 2.45) is 5.41 Å². The molecule has 5 aromatic rings. The molecule has 1 aliphatic heterocycles. The molecule has 7 rings (SSSR count). The molecule has 1 amide bonds. The SMILES string of the molecule is Cc1cccc(-c2nn(C3CCC4(CC3)CCN(Cc3ccccc3)C4=O)cc2-c2ccc3nccnc3c2)n1. The molecule has 1 saturated carbocycles. The third-order valence-corrected chi connectivity index (χ3v) is 8.75. The van der Waals surface area contributed by atoms with Gasteiger partial charge in [0.05, 0.1) is 28.2 Å². The highest BCUT2D eigenvalue weighted by Crippen LogP contribution is 2.48. The third kappa shape index (κ3) is 4.45. The Kier molecular flexibility index (Phi) is 6.14. The molecule has 7 nitrogen and oxygen atoms in total. The standard InChI is InChI=1S/C33H32N6O/c1-23-6-5-9-29(36-23)31-27(25-10-11-28-30(20-25)35-18-17-34-28)22-39(37-31)26-12-14-33(15-13-26)16-19-38(32(33)40)21-24-7-3-2-4-8-24/h2-11,17-18,20,22,26H,12-16,19,21H2,1H3. The van der Waals surface area contributed by atoms with E-state index in [4.69, 9.17) is 10.1 Å². The summed E-state index contributed by atoms with van der Waals surface area (Å²) in [4.78, 5) is 29.4. The van der Waals surface area contributed by atoms with Gasteiger partial charge in [0.2, 0.25) is 5.91 Å². The van der Waals surface area contributed by atoms with E-state index >= 15 is 0 Å². The van der Waals surface area contributed by atoms with Crippen molar-refractivity contribution in [1.82, 2.24) is 29.6 Å². The highest BCUT2D eigenvalue weighted by atomic mass is 16.2. The molecule has 1 saturated heterocycles. The van der Waals surface area contributed by atoms with Crippen LogP contribution in [0.25, 0.3) is 33.5 Å². The first kappa shape index (κ1) is 24.6. The summed E-state index contributed by atoms with van der Waals surface area (Å²) in [5.41, 5.74) is 7.48. The zero-order valence-corrected chi connectivity index (χ0v) is 22.7. The van der Waals surface area contributed by atoms with Crippen LogP contribution in [0, 0.1) is 12.3 Å². The molecule has 1 aliphatic carbocycles. The molecule has 0 atom stereocenters. The zero-order valence-electron chi connectivity index (χ0n) is 22.7. The molecular formula is C33H32N6O. The van der Waals surface area contributed by atoms with E-state index < -0.39 is 0 Å². The van der Waals surface area contributed by atoms with E-state index in [1.54, 1.807) is 12.4 Å². The second-order valence-electron chi connectivity index (χ2n) is 11.3. The summed E-state index contributed by atoms with van der Waals surface area (Å²) in [6.45, 7) is 3.56. The highest BCUT2D eigenvalue weighted by Gasteiger charge is 2.48. The predicted octanol–water partition coefficient (Wildman–Crippen LogP) is 6.40.